The van der Waals surface area contributed by atoms with Crippen LogP contribution in [0.1, 0.15) is 34.6 Å². The molecule has 0 spiro atoms. The molecule has 1 aliphatic rings. The van der Waals surface area contributed by atoms with Gasteiger partial charge in [0.05, 0.1) is 5.56 Å². The van der Waals surface area contributed by atoms with Crippen LogP contribution in [0.5, 0.6) is 0 Å². The van der Waals surface area contributed by atoms with E-state index in [0.717, 1.165) is 16.7 Å². The van der Waals surface area contributed by atoms with Crippen molar-refractivity contribution in [3.8, 4) is 0 Å². The third kappa shape index (κ3) is 3.96. The number of nitrogens with zero attached hydrogens (tertiary/aromatic N) is 2. The molecule has 1 N–H and O–H groups in total. The van der Waals surface area contributed by atoms with Gasteiger partial charge in [0.25, 0.3) is 5.56 Å². The number of benzene rings is 2. The number of aromatic nitrogens is 2. The summed E-state index contributed by atoms with van der Waals surface area (Å²) in [4.78, 5) is 29.6. The van der Waals surface area contributed by atoms with Crippen LogP contribution in [0, 0.1) is 12.7 Å². The molecule has 1 aromatic heterocycles. The Kier molecular flexibility index (Phi) is 5.24. The molecule has 1 amide bonds. The number of halogens is 1. The minimum absolute atomic E-state index is 0.126. The first-order valence-corrected chi connectivity index (χ1v) is 10.3. The molecule has 0 bridgehead atoms. The smallest absolute Gasteiger partial charge is 0.279 e. The average molecular weight is 409 g/mol. The number of carbonyl (C=O) groups excluding carboxylic acids is 1. The molecule has 1 aliphatic heterocycles. The van der Waals surface area contributed by atoms with Gasteiger partial charge in [0.2, 0.25) is 5.91 Å². The zero-order valence-corrected chi connectivity index (χ0v) is 16.9. The van der Waals surface area contributed by atoms with E-state index in [4.69, 9.17) is 0 Å². The summed E-state index contributed by atoms with van der Waals surface area (Å²) in [5.74, 6) is 0.297. The molecule has 29 heavy (non-hydrogen) atoms. The van der Waals surface area contributed by atoms with Gasteiger partial charge in [0.1, 0.15) is 11.6 Å². The van der Waals surface area contributed by atoms with E-state index in [1.807, 2.05) is 31.2 Å². The first-order chi connectivity index (χ1) is 13.9. The van der Waals surface area contributed by atoms with Gasteiger partial charge in [-0.2, -0.15) is 4.98 Å². The SMILES string of the molecule is Cc1ccc(C2CC(=O)Nc3c2c(=O)nc(SCc2ccc(F)cc2)n3C)cc1. The number of anilines is 1. The van der Waals surface area contributed by atoms with Crippen molar-refractivity contribution in [2.24, 2.45) is 7.05 Å². The predicted octanol–water partition coefficient (Wildman–Crippen LogP) is 3.99. The summed E-state index contributed by atoms with van der Waals surface area (Å²) in [6, 6.07) is 14.1. The number of thioether (sulfide) groups is 1. The Balaban J connectivity index is 1.70. The standard InChI is InChI=1S/C22H20FN3O2S/c1-13-3-7-15(8-4-13)17-11-18(27)24-20-19(17)21(28)25-22(26(20)2)29-12-14-5-9-16(23)10-6-14/h3-10,17H,11-12H2,1-2H3,(H,24,27). The van der Waals surface area contributed by atoms with E-state index >= 15 is 0 Å². The Morgan fingerprint density at radius 1 is 1.14 bits per heavy atom. The Morgan fingerprint density at radius 3 is 2.52 bits per heavy atom. The van der Waals surface area contributed by atoms with Crippen LogP contribution < -0.4 is 10.9 Å². The van der Waals surface area contributed by atoms with Gasteiger partial charge >= 0.3 is 0 Å². The summed E-state index contributed by atoms with van der Waals surface area (Å²) < 4.78 is 14.8. The Morgan fingerprint density at radius 2 is 1.83 bits per heavy atom. The Bertz CT molecular complexity index is 1120. The highest BCUT2D eigenvalue weighted by Crippen LogP contribution is 2.36. The largest absolute Gasteiger partial charge is 0.312 e. The van der Waals surface area contributed by atoms with Gasteiger partial charge in [-0.05, 0) is 30.2 Å². The summed E-state index contributed by atoms with van der Waals surface area (Å²) in [6.45, 7) is 2.00. The van der Waals surface area contributed by atoms with Crippen molar-refractivity contribution in [3.63, 3.8) is 0 Å². The lowest BCUT2D eigenvalue weighted by molar-refractivity contribution is -0.116. The van der Waals surface area contributed by atoms with E-state index in [2.05, 4.69) is 10.3 Å². The van der Waals surface area contributed by atoms with Gasteiger partial charge in [0.15, 0.2) is 5.16 Å². The number of fused-ring (bicyclic) bond motifs is 1. The maximum absolute atomic E-state index is 13.1. The molecule has 0 fully saturated rings. The normalized spacial score (nSPS) is 15.7. The number of aryl methyl sites for hydroxylation is 1. The molecule has 5 nitrogen and oxygen atoms in total. The number of rotatable bonds is 4. The van der Waals surface area contributed by atoms with Gasteiger partial charge in [-0.1, -0.05) is 53.7 Å². The van der Waals surface area contributed by atoms with Gasteiger partial charge in [-0.3, -0.25) is 9.59 Å². The number of carbonyl (C=O) groups is 1. The van der Waals surface area contributed by atoms with E-state index < -0.39 is 0 Å². The topological polar surface area (TPSA) is 64.0 Å². The zero-order valence-electron chi connectivity index (χ0n) is 16.1. The molecule has 4 rings (SSSR count). The number of nitrogens with one attached hydrogen (secondary N) is 1. The first kappa shape index (κ1) is 19.4. The molecule has 1 atom stereocenters. The summed E-state index contributed by atoms with van der Waals surface area (Å²) in [7, 11) is 1.79. The van der Waals surface area contributed by atoms with E-state index in [-0.39, 0.29) is 29.6 Å². The fourth-order valence-electron chi connectivity index (χ4n) is 3.48. The van der Waals surface area contributed by atoms with E-state index in [1.165, 1.54) is 23.9 Å². The maximum atomic E-state index is 13.1. The average Bonchev–Trinajstić information content (AvgIpc) is 2.70. The van der Waals surface area contributed by atoms with Gasteiger partial charge in [0, 0.05) is 25.1 Å². The molecule has 3 aromatic rings. The van der Waals surface area contributed by atoms with E-state index in [0.29, 0.717) is 22.3 Å². The number of hydrogen-bond acceptors (Lipinski definition) is 4. The monoisotopic (exact) mass is 409 g/mol. The predicted molar refractivity (Wildman–Crippen MR) is 112 cm³/mol. The quantitative estimate of drug-likeness (QED) is 0.523. The highest BCUT2D eigenvalue weighted by atomic mass is 32.2. The summed E-state index contributed by atoms with van der Waals surface area (Å²) in [5, 5.41) is 3.35. The summed E-state index contributed by atoms with van der Waals surface area (Å²) in [5.41, 5.74) is 3.16. The molecular weight excluding hydrogens is 389 g/mol. The van der Waals surface area contributed by atoms with Gasteiger partial charge in [-0.25, -0.2) is 4.39 Å². The van der Waals surface area contributed by atoms with Crippen molar-refractivity contribution in [3.05, 3.63) is 87.0 Å². The van der Waals surface area contributed by atoms with Crippen LogP contribution >= 0.6 is 11.8 Å². The van der Waals surface area contributed by atoms with Crippen LogP contribution in [0.3, 0.4) is 0 Å². The minimum Gasteiger partial charge on any atom is -0.312 e. The van der Waals surface area contributed by atoms with Crippen molar-refractivity contribution < 1.29 is 9.18 Å². The molecule has 0 radical (unpaired) electrons. The fourth-order valence-corrected chi connectivity index (χ4v) is 4.40. The molecule has 2 heterocycles. The molecule has 2 aromatic carbocycles. The minimum atomic E-state index is -0.328. The number of hydrogen-bond donors (Lipinski definition) is 1. The molecule has 7 heteroatoms. The van der Waals surface area contributed by atoms with Crippen LogP contribution in [-0.4, -0.2) is 15.5 Å². The molecular formula is C22H20FN3O2S. The second-order valence-electron chi connectivity index (χ2n) is 7.15. The van der Waals surface area contributed by atoms with Gasteiger partial charge < -0.3 is 9.88 Å². The van der Waals surface area contributed by atoms with Crippen LogP contribution in [0.2, 0.25) is 0 Å². The molecule has 0 saturated heterocycles. The van der Waals surface area contributed by atoms with Crippen LogP contribution in [0.4, 0.5) is 10.2 Å². The first-order valence-electron chi connectivity index (χ1n) is 9.27. The van der Waals surface area contributed by atoms with Crippen LogP contribution in [0.15, 0.2) is 58.5 Å². The van der Waals surface area contributed by atoms with Gasteiger partial charge in [-0.15, -0.1) is 0 Å². The van der Waals surface area contributed by atoms with Crippen LogP contribution in [-0.2, 0) is 17.6 Å². The van der Waals surface area contributed by atoms with E-state index in [9.17, 15) is 14.0 Å². The lowest BCUT2D eigenvalue weighted by Crippen LogP contribution is -2.33. The third-order valence-electron chi connectivity index (χ3n) is 5.06. The Labute approximate surface area is 172 Å². The Hall–Kier alpha value is -2.93. The molecule has 148 valence electrons. The van der Waals surface area contributed by atoms with Crippen molar-refractivity contribution in [2.45, 2.75) is 30.2 Å². The van der Waals surface area contributed by atoms with Crippen molar-refractivity contribution in [1.29, 1.82) is 0 Å². The molecule has 0 saturated carbocycles. The lowest BCUT2D eigenvalue weighted by Gasteiger charge is -2.27. The number of amides is 1. The van der Waals surface area contributed by atoms with Crippen molar-refractivity contribution >= 4 is 23.5 Å². The lowest BCUT2D eigenvalue weighted by atomic mass is 9.86. The molecule has 1 unspecified atom stereocenters. The van der Waals surface area contributed by atoms with E-state index in [1.54, 1.807) is 23.7 Å². The fraction of sp³-hybridized carbons (Fsp3) is 0.227. The maximum Gasteiger partial charge on any atom is 0.279 e. The van der Waals surface area contributed by atoms with Crippen molar-refractivity contribution in [2.75, 3.05) is 5.32 Å². The zero-order chi connectivity index (χ0) is 20.5. The highest BCUT2D eigenvalue weighted by molar-refractivity contribution is 7.98. The second-order valence-corrected chi connectivity index (χ2v) is 8.09. The summed E-state index contributed by atoms with van der Waals surface area (Å²) >= 11 is 1.37. The van der Waals surface area contributed by atoms with Crippen molar-refractivity contribution in [1.82, 2.24) is 9.55 Å². The third-order valence-corrected chi connectivity index (χ3v) is 6.16. The second kappa shape index (κ2) is 7.83. The van der Waals surface area contributed by atoms with Crippen LogP contribution in [0.25, 0.3) is 0 Å². The highest BCUT2D eigenvalue weighted by Gasteiger charge is 2.32. The molecule has 0 aliphatic carbocycles. The summed E-state index contributed by atoms with van der Waals surface area (Å²) in [6.07, 6.45) is 0.217.